The molecule has 1 unspecified atom stereocenters. The van der Waals surface area contributed by atoms with E-state index >= 15 is 0 Å². The molecular weight excluding hydrogens is 344 g/mol. The summed E-state index contributed by atoms with van der Waals surface area (Å²) in [4.78, 5) is 24.1. The van der Waals surface area contributed by atoms with Gasteiger partial charge in [-0.1, -0.05) is 0 Å². The zero-order valence-electron chi connectivity index (χ0n) is 16.5. The molecule has 0 radical (unpaired) electrons. The van der Waals surface area contributed by atoms with Crippen molar-refractivity contribution in [3.8, 4) is 0 Å². The number of carbonyl (C=O) groups is 2. The van der Waals surface area contributed by atoms with Crippen molar-refractivity contribution in [3.63, 3.8) is 0 Å². The highest BCUT2D eigenvalue weighted by atomic mass is 16.1. The van der Waals surface area contributed by atoms with Crippen molar-refractivity contribution < 1.29 is 9.59 Å². The Hall–Kier alpha value is -2.48. The fraction of sp³-hybridized carbons (Fsp3) is 0.579. The van der Waals surface area contributed by atoms with Crippen LogP contribution in [-0.4, -0.2) is 37.8 Å². The number of fused-ring (bicyclic) bond motifs is 1. The molecule has 8 heteroatoms. The third kappa shape index (κ3) is 4.27. The highest BCUT2D eigenvalue weighted by molar-refractivity contribution is 5.96. The molecular formula is C19H28N6O2. The molecule has 2 N–H and O–H groups in total. The van der Waals surface area contributed by atoms with Crippen LogP contribution < -0.4 is 10.6 Å². The van der Waals surface area contributed by atoms with E-state index in [1.807, 2.05) is 31.5 Å². The van der Waals surface area contributed by atoms with Gasteiger partial charge in [-0.25, -0.2) is 0 Å². The number of carbonyl (C=O) groups excluding carboxylic acids is 2. The van der Waals surface area contributed by atoms with Crippen molar-refractivity contribution in [2.24, 2.45) is 0 Å². The largest absolute Gasteiger partial charge is 0.350 e. The van der Waals surface area contributed by atoms with Gasteiger partial charge in [0.2, 0.25) is 5.91 Å². The van der Waals surface area contributed by atoms with Crippen LogP contribution in [0.25, 0.3) is 0 Å². The Morgan fingerprint density at radius 2 is 2.11 bits per heavy atom. The van der Waals surface area contributed by atoms with E-state index in [0.717, 1.165) is 43.1 Å². The lowest BCUT2D eigenvalue weighted by Crippen LogP contribution is -2.26. The molecule has 1 atom stereocenters. The van der Waals surface area contributed by atoms with Crippen LogP contribution in [0.5, 0.6) is 0 Å². The molecule has 0 aliphatic carbocycles. The summed E-state index contributed by atoms with van der Waals surface area (Å²) < 4.78 is 3.79. The van der Waals surface area contributed by atoms with Crippen molar-refractivity contribution in [2.75, 3.05) is 6.54 Å². The molecule has 0 saturated carbocycles. The first-order chi connectivity index (χ1) is 12.9. The van der Waals surface area contributed by atoms with Crippen LogP contribution in [0.15, 0.2) is 6.07 Å². The van der Waals surface area contributed by atoms with E-state index in [2.05, 4.69) is 20.8 Å². The van der Waals surface area contributed by atoms with Crippen LogP contribution in [-0.2, 0) is 24.4 Å². The van der Waals surface area contributed by atoms with Crippen LogP contribution >= 0.6 is 0 Å². The second-order valence-corrected chi connectivity index (χ2v) is 7.26. The fourth-order valence-electron chi connectivity index (χ4n) is 3.73. The predicted octanol–water partition coefficient (Wildman–Crippen LogP) is 1.66. The Morgan fingerprint density at radius 3 is 2.81 bits per heavy atom. The Bertz CT molecular complexity index is 827. The zero-order valence-corrected chi connectivity index (χ0v) is 16.5. The Balaban J connectivity index is 1.58. The maximum Gasteiger partial charge on any atom is 0.222 e. The molecule has 0 saturated heterocycles. The molecule has 3 heterocycles. The van der Waals surface area contributed by atoms with Gasteiger partial charge in [0, 0.05) is 25.2 Å². The van der Waals surface area contributed by atoms with Crippen molar-refractivity contribution in [3.05, 3.63) is 34.4 Å². The lowest BCUT2D eigenvalue weighted by Gasteiger charge is -2.14. The molecule has 0 bridgehead atoms. The van der Waals surface area contributed by atoms with Crippen molar-refractivity contribution in [2.45, 2.75) is 66.2 Å². The van der Waals surface area contributed by atoms with Gasteiger partial charge in [0.15, 0.2) is 5.78 Å². The molecule has 2 aromatic rings. The molecule has 1 aliphatic heterocycles. The summed E-state index contributed by atoms with van der Waals surface area (Å²) in [5.74, 6) is -0.0531. The number of aromatic nitrogens is 4. The average Bonchev–Trinajstić information content (AvgIpc) is 3.05. The van der Waals surface area contributed by atoms with Crippen LogP contribution in [0, 0.1) is 13.8 Å². The summed E-state index contributed by atoms with van der Waals surface area (Å²) in [7, 11) is 0. The van der Waals surface area contributed by atoms with Crippen molar-refractivity contribution in [1.82, 2.24) is 30.2 Å². The van der Waals surface area contributed by atoms with Crippen molar-refractivity contribution >= 4 is 11.7 Å². The van der Waals surface area contributed by atoms with E-state index in [1.54, 1.807) is 11.6 Å². The van der Waals surface area contributed by atoms with E-state index in [-0.39, 0.29) is 17.7 Å². The predicted molar refractivity (Wildman–Crippen MR) is 101 cm³/mol. The van der Waals surface area contributed by atoms with Gasteiger partial charge in [-0.15, -0.1) is 0 Å². The fourth-order valence-corrected chi connectivity index (χ4v) is 3.73. The summed E-state index contributed by atoms with van der Waals surface area (Å²) >= 11 is 0. The second-order valence-electron chi connectivity index (χ2n) is 7.26. The number of hydrogen-bond donors (Lipinski definition) is 2. The van der Waals surface area contributed by atoms with Gasteiger partial charge in [0.25, 0.3) is 0 Å². The van der Waals surface area contributed by atoms with Crippen LogP contribution in [0.1, 0.15) is 65.9 Å². The maximum absolute atomic E-state index is 12.4. The SMILES string of the molecule is CC(=O)c1c(C)nn(C(C)CC(=O)NCc2cc3n(n2)CCCNC3)c1C. The summed E-state index contributed by atoms with van der Waals surface area (Å²) in [5, 5.41) is 15.3. The lowest BCUT2D eigenvalue weighted by molar-refractivity contribution is -0.122. The molecule has 1 amide bonds. The number of nitrogens with one attached hydrogen (secondary N) is 2. The molecule has 146 valence electrons. The highest BCUT2D eigenvalue weighted by Gasteiger charge is 2.20. The van der Waals surface area contributed by atoms with Crippen LogP contribution in [0.4, 0.5) is 0 Å². The molecule has 8 nitrogen and oxygen atoms in total. The van der Waals surface area contributed by atoms with E-state index < -0.39 is 0 Å². The van der Waals surface area contributed by atoms with E-state index in [0.29, 0.717) is 24.2 Å². The molecule has 2 aromatic heterocycles. The Morgan fingerprint density at radius 1 is 1.33 bits per heavy atom. The molecule has 27 heavy (non-hydrogen) atoms. The van der Waals surface area contributed by atoms with Gasteiger partial charge in [-0.3, -0.25) is 19.0 Å². The van der Waals surface area contributed by atoms with Gasteiger partial charge < -0.3 is 10.6 Å². The maximum atomic E-state index is 12.4. The smallest absolute Gasteiger partial charge is 0.222 e. The minimum absolute atomic E-state index is 0.00180. The van der Waals surface area contributed by atoms with Gasteiger partial charge >= 0.3 is 0 Å². The van der Waals surface area contributed by atoms with Gasteiger partial charge in [-0.05, 0) is 46.7 Å². The highest BCUT2D eigenvalue weighted by Crippen LogP contribution is 2.20. The molecule has 1 aliphatic rings. The third-order valence-electron chi connectivity index (χ3n) is 4.99. The molecule has 0 spiro atoms. The van der Waals surface area contributed by atoms with Gasteiger partial charge in [-0.2, -0.15) is 10.2 Å². The number of hydrogen-bond acceptors (Lipinski definition) is 5. The second kappa shape index (κ2) is 8.04. The first-order valence-electron chi connectivity index (χ1n) is 9.46. The van der Waals surface area contributed by atoms with Crippen molar-refractivity contribution in [1.29, 1.82) is 0 Å². The monoisotopic (exact) mass is 372 g/mol. The number of nitrogens with zero attached hydrogens (tertiary/aromatic N) is 4. The summed E-state index contributed by atoms with van der Waals surface area (Å²) in [6, 6.07) is 1.92. The summed E-state index contributed by atoms with van der Waals surface area (Å²) in [5.41, 5.74) is 4.20. The molecule has 3 rings (SSSR count). The first-order valence-corrected chi connectivity index (χ1v) is 9.46. The number of ketones is 1. The average molecular weight is 372 g/mol. The van der Waals surface area contributed by atoms with E-state index in [1.165, 1.54) is 0 Å². The third-order valence-corrected chi connectivity index (χ3v) is 4.99. The molecule has 0 aromatic carbocycles. The Kier molecular flexibility index (Phi) is 5.74. The molecule has 0 fully saturated rings. The number of amides is 1. The number of aryl methyl sites for hydroxylation is 2. The standard InChI is InChI=1S/C19H28N6O2/c1-12(25-14(3)19(15(4)26)13(2)22-25)8-18(27)21-10-16-9-17-11-20-6-5-7-24(17)23-16/h9,12,20H,5-8,10-11H2,1-4H3,(H,21,27). The normalized spacial score (nSPS) is 15.1. The quantitative estimate of drug-likeness (QED) is 0.752. The number of Topliss-reactive ketones (excluding diaryl/α,β-unsaturated/α-hetero) is 1. The minimum Gasteiger partial charge on any atom is -0.350 e. The number of rotatable bonds is 6. The summed E-state index contributed by atoms with van der Waals surface area (Å²) in [6.07, 6.45) is 1.36. The van der Waals surface area contributed by atoms with Crippen LogP contribution in [0.3, 0.4) is 0 Å². The van der Waals surface area contributed by atoms with Crippen LogP contribution in [0.2, 0.25) is 0 Å². The van der Waals surface area contributed by atoms with E-state index in [9.17, 15) is 9.59 Å². The lowest BCUT2D eigenvalue weighted by atomic mass is 10.1. The van der Waals surface area contributed by atoms with Gasteiger partial charge in [0.1, 0.15) is 0 Å². The van der Waals surface area contributed by atoms with Gasteiger partial charge in [0.05, 0.1) is 35.2 Å². The summed E-state index contributed by atoms with van der Waals surface area (Å²) in [6.45, 7) is 10.3. The van der Waals surface area contributed by atoms with E-state index in [4.69, 9.17) is 0 Å². The first kappa shape index (κ1) is 19.3. The minimum atomic E-state index is -0.125. The topological polar surface area (TPSA) is 93.8 Å². The Labute approximate surface area is 159 Å². The zero-order chi connectivity index (χ0) is 19.6.